The molecule has 0 unspecified atom stereocenters. The molecule has 1 aromatic heterocycles. The normalized spacial score (nSPS) is 11.3. The molecule has 0 radical (unpaired) electrons. The SMILES string of the molecule is COC(=O)c1sc(NS(=O)(=O)c2ccc(Cl)cc2F)cc1C. The van der Waals surface area contributed by atoms with E-state index in [9.17, 15) is 17.6 Å². The molecule has 0 fully saturated rings. The van der Waals surface area contributed by atoms with Gasteiger partial charge in [0.25, 0.3) is 10.0 Å². The third kappa shape index (κ3) is 3.40. The standard InChI is InChI=1S/C13H11ClFNO4S2/c1-7-5-11(21-12(7)13(17)20-2)16-22(18,19)10-4-3-8(14)6-9(10)15/h3-6,16H,1-2H3. The maximum atomic E-state index is 13.7. The minimum atomic E-state index is -4.12. The quantitative estimate of drug-likeness (QED) is 0.844. The summed E-state index contributed by atoms with van der Waals surface area (Å²) in [4.78, 5) is 11.3. The van der Waals surface area contributed by atoms with E-state index in [1.54, 1.807) is 6.92 Å². The van der Waals surface area contributed by atoms with Gasteiger partial charge in [0.1, 0.15) is 20.6 Å². The Morgan fingerprint density at radius 2 is 2.05 bits per heavy atom. The predicted molar refractivity (Wildman–Crippen MR) is 82.6 cm³/mol. The Balaban J connectivity index is 2.35. The number of hydrogen-bond donors (Lipinski definition) is 1. The molecule has 2 rings (SSSR count). The van der Waals surface area contributed by atoms with Crippen LogP contribution in [0.3, 0.4) is 0 Å². The fraction of sp³-hybridized carbons (Fsp3) is 0.154. The van der Waals surface area contributed by atoms with Crippen LogP contribution in [0.5, 0.6) is 0 Å². The first-order valence-electron chi connectivity index (χ1n) is 5.91. The number of nitrogens with one attached hydrogen (secondary N) is 1. The summed E-state index contributed by atoms with van der Waals surface area (Å²) >= 11 is 6.51. The molecule has 0 saturated carbocycles. The lowest BCUT2D eigenvalue weighted by molar-refractivity contribution is 0.0605. The summed E-state index contributed by atoms with van der Waals surface area (Å²) in [5.41, 5.74) is 0.561. The largest absolute Gasteiger partial charge is 0.465 e. The van der Waals surface area contributed by atoms with Crippen LogP contribution in [-0.2, 0) is 14.8 Å². The number of ether oxygens (including phenoxy) is 1. The number of hydrogen-bond acceptors (Lipinski definition) is 5. The summed E-state index contributed by atoms with van der Waals surface area (Å²) in [5.74, 6) is -1.52. The monoisotopic (exact) mass is 363 g/mol. The third-order valence-electron chi connectivity index (χ3n) is 2.71. The zero-order valence-electron chi connectivity index (χ0n) is 11.5. The van der Waals surface area contributed by atoms with Crippen molar-refractivity contribution in [3.8, 4) is 0 Å². The molecule has 5 nitrogen and oxygen atoms in total. The lowest BCUT2D eigenvalue weighted by Gasteiger charge is -2.07. The minimum Gasteiger partial charge on any atom is -0.465 e. The van der Waals surface area contributed by atoms with Gasteiger partial charge in [0, 0.05) is 5.02 Å². The van der Waals surface area contributed by atoms with E-state index in [-0.39, 0.29) is 14.9 Å². The van der Waals surface area contributed by atoms with E-state index in [0.29, 0.717) is 5.56 Å². The van der Waals surface area contributed by atoms with Crippen LogP contribution in [0.2, 0.25) is 5.02 Å². The molecule has 0 amide bonds. The molecule has 0 atom stereocenters. The van der Waals surface area contributed by atoms with Gasteiger partial charge >= 0.3 is 5.97 Å². The molecule has 1 heterocycles. The predicted octanol–water partition coefficient (Wildman–Crippen LogP) is 3.44. The van der Waals surface area contributed by atoms with Crippen LogP contribution in [0.4, 0.5) is 9.39 Å². The number of halogens is 2. The average Bonchev–Trinajstić information content (AvgIpc) is 2.77. The molecule has 0 aliphatic carbocycles. The van der Waals surface area contributed by atoms with Crippen LogP contribution in [0, 0.1) is 12.7 Å². The van der Waals surface area contributed by atoms with E-state index in [1.165, 1.54) is 19.2 Å². The molecule has 0 spiro atoms. The number of benzene rings is 1. The van der Waals surface area contributed by atoms with Crippen molar-refractivity contribution in [3.63, 3.8) is 0 Å². The van der Waals surface area contributed by atoms with Crippen molar-refractivity contribution in [2.24, 2.45) is 0 Å². The van der Waals surface area contributed by atoms with Crippen LogP contribution < -0.4 is 4.72 Å². The second-order valence-corrected chi connectivity index (χ2v) is 7.43. The fourth-order valence-corrected chi connectivity index (χ4v) is 4.20. The van der Waals surface area contributed by atoms with Crippen LogP contribution in [0.1, 0.15) is 15.2 Å². The summed E-state index contributed by atoms with van der Waals surface area (Å²) in [7, 11) is -2.89. The molecule has 0 saturated heterocycles. The molecule has 1 aromatic carbocycles. The summed E-state index contributed by atoms with van der Waals surface area (Å²) in [6, 6.07) is 4.73. The Morgan fingerprint density at radius 3 is 2.64 bits per heavy atom. The smallest absolute Gasteiger partial charge is 0.348 e. The highest BCUT2D eigenvalue weighted by atomic mass is 35.5. The fourth-order valence-electron chi connectivity index (χ4n) is 1.71. The van der Waals surface area contributed by atoms with Crippen LogP contribution in [-0.4, -0.2) is 21.5 Å². The molecule has 0 aliphatic rings. The van der Waals surface area contributed by atoms with Crippen LogP contribution in [0.15, 0.2) is 29.2 Å². The van der Waals surface area contributed by atoms with Crippen molar-refractivity contribution < 1.29 is 22.3 Å². The molecular formula is C13H11ClFNO4S2. The number of sulfonamides is 1. The number of carbonyl (C=O) groups excluding carboxylic acids is 1. The molecule has 2 aromatic rings. The first-order valence-corrected chi connectivity index (χ1v) is 8.59. The average molecular weight is 364 g/mol. The van der Waals surface area contributed by atoms with Crippen molar-refractivity contribution in [2.45, 2.75) is 11.8 Å². The van der Waals surface area contributed by atoms with Crippen LogP contribution >= 0.6 is 22.9 Å². The van der Waals surface area contributed by atoms with E-state index < -0.39 is 26.7 Å². The van der Waals surface area contributed by atoms with Crippen molar-refractivity contribution in [2.75, 3.05) is 11.8 Å². The summed E-state index contributed by atoms with van der Waals surface area (Å²) in [6.45, 7) is 1.64. The maximum absolute atomic E-state index is 13.7. The maximum Gasteiger partial charge on any atom is 0.348 e. The van der Waals surface area contributed by atoms with Gasteiger partial charge in [-0.2, -0.15) is 0 Å². The summed E-state index contributed by atoms with van der Waals surface area (Å²) in [6.07, 6.45) is 0. The van der Waals surface area contributed by atoms with Gasteiger partial charge in [0.15, 0.2) is 0 Å². The Morgan fingerprint density at radius 1 is 1.36 bits per heavy atom. The van der Waals surface area contributed by atoms with Gasteiger partial charge in [-0.05, 0) is 36.8 Å². The van der Waals surface area contributed by atoms with Gasteiger partial charge < -0.3 is 4.74 Å². The molecule has 0 bridgehead atoms. The minimum absolute atomic E-state index is 0.0939. The van der Waals surface area contributed by atoms with Gasteiger partial charge in [0.2, 0.25) is 0 Å². The third-order valence-corrected chi connectivity index (χ3v) is 5.60. The van der Waals surface area contributed by atoms with Crippen molar-refractivity contribution >= 4 is 43.9 Å². The molecule has 0 aliphatic heterocycles. The Hall–Kier alpha value is -1.64. The first-order chi connectivity index (χ1) is 10.2. The highest BCUT2D eigenvalue weighted by Gasteiger charge is 2.22. The van der Waals surface area contributed by atoms with E-state index >= 15 is 0 Å². The molecule has 118 valence electrons. The summed E-state index contributed by atoms with van der Waals surface area (Å²) < 4.78 is 45.0. The molecular weight excluding hydrogens is 353 g/mol. The number of aryl methyl sites for hydroxylation is 1. The van der Waals surface area contributed by atoms with Gasteiger partial charge in [0.05, 0.1) is 7.11 Å². The molecule has 9 heteroatoms. The highest BCUT2D eigenvalue weighted by molar-refractivity contribution is 7.93. The lowest BCUT2D eigenvalue weighted by Crippen LogP contribution is -2.13. The van der Waals surface area contributed by atoms with Crippen LogP contribution in [0.25, 0.3) is 0 Å². The van der Waals surface area contributed by atoms with Crippen molar-refractivity contribution in [1.82, 2.24) is 0 Å². The zero-order chi connectivity index (χ0) is 16.5. The number of esters is 1. The summed E-state index contributed by atoms with van der Waals surface area (Å²) in [5, 5.41) is 0.281. The van der Waals surface area contributed by atoms with E-state index in [1.807, 2.05) is 0 Å². The van der Waals surface area contributed by atoms with E-state index in [2.05, 4.69) is 9.46 Å². The lowest BCUT2D eigenvalue weighted by atomic mass is 10.3. The van der Waals surface area contributed by atoms with Crippen molar-refractivity contribution in [1.29, 1.82) is 0 Å². The number of methoxy groups -OCH3 is 1. The van der Waals surface area contributed by atoms with E-state index in [0.717, 1.165) is 23.5 Å². The topological polar surface area (TPSA) is 72.5 Å². The highest BCUT2D eigenvalue weighted by Crippen LogP contribution is 2.30. The number of anilines is 1. The van der Waals surface area contributed by atoms with E-state index in [4.69, 9.17) is 11.6 Å². The molecule has 22 heavy (non-hydrogen) atoms. The second-order valence-electron chi connectivity index (χ2n) is 4.29. The number of rotatable bonds is 4. The second kappa shape index (κ2) is 6.23. The molecule has 1 N–H and O–H groups in total. The number of thiophene rings is 1. The van der Waals surface area contributed by atoms with Gasteiger partial charge in [-0.15, -0.1) is 11.3 Å². The Kier molecular flexibility index (Phi) is 4.74. The Labute approximate surface area is 135 Å². The van der Waals surface area contributed by atoms with Gasteiger partial charge in [-0.3, -0.25) is 4.72 Å². The Bertz CT molecular complexity index is 833. The zero-order valence-corrected chi connectivity index (χ0v) is 13.9. The number of carbonyl (C=O) groups is 1. The van der Waals surface area contributed by atoms with Crippen molar-refractivity contribution in [3.05, 3.63) is 45.5 Å². The first kappa shape index (κ1) is 16.7. The van der Waals surface area contributed by atoms with Gasteiger partial charge in [-0.25, -0.2) is 17.6 Å². The van der Waals surface area contributed by atoms with Gasteiger partial charge in [-0.1, -0.05) is 11.6 Å².